The van der Waals surface area contributed by atoms with Crippen LogP contribution in [0.5, 0.6) is 0 Å². The van der Waals surface area contributed by atoms with E-state index in [1.165, 1.54) is 11.8 Å². The van der Waals surface area contributed by atoms with E-state index in [1.54, 1.807) is 18.2 Å². The van der Waals surface area contributed by atoms with Crippen molar-refractivity contribution in [1.29, 1.82) is 0 Å². The molecule has 2 N–H and O–H groups in total. The van der Waals surface area contributed by atoms with Crippen molar-refractivity contribution in [2.75, 3.05) is 18.2 Å². The highest BCUT2D eigenvalue weighted by Gasteiger charge is 1.99. The Kier molecular flexibility index (Phi) is 3.69. The first-order valence-electron chi connectivity index (χ1n) is 3.48. The lowest BCUT2D eigenvalue weighted by atomic mass is 10.3. The zero-order valence-electron chi connectivity index (χ0n) is 6.39. The van der Waals surface area contributed by atoms with Gasteiger partial charge in [-0.3, -0.25) is 4.39 Å². The average Bonchev–Trinajstić information content (AvgIpc) is 2.03. The van der Waals surface area contributed by atoms with Crippen LogP contribution < -0.4 is 5.73 Å². The summed E-state index contributed by atoms with van der Waals surface area (Å²) in [7, 11) is 0. The Bertz CT molecular complexity index is 267. The molecule has 0 spiro atoms. The van der Waals surface area contributed by atoms with Crippen LogP contribution >= 0.6 is 23.4 Å². The van der Waals surface area contributed by atoms with Crippen LogP contribution in [-0.2, 0) is 0 Å². The molecule has 0 fully saturated rings. The van der Waals surface area contributed by atoms with E-state index in [-0.39, 0.29) is 6.67 Å². The normalized spacial score (nSPS) is 10.2. The predicted molar refractivity (Wildman–Crippen MR) is 52.6 cm³/mol. The van der Waals surface area contributed by atoms with Gasteiger partial charge in [0.2, 0.25) is 0 Å². The van der Waals surface area contributed by atoms with Crippen molar-refractivity contribution >= 4 is 29.1 Å². The summed E-state index contributed by atoms with van der Waals surface area (Å²) in [6.07, 6.45) is 0. The van der Waals surface area contributed by atoms with E-state index in [4.69, 9.17) is 17.3 Å². The van der Waals surface area contributed by atoms with Crippen LogP contribution in [0.4, 0.5) is 10.1 Å². The Hall–Kier alpha value is -0.410. The molecule has 0 amide bonds. The van der Waals surface area contributed by atoms with Crippen molar-refractivity contribution in [2.45, 2.75) is 4.90 Å². The molecule has 0 atom stereocenters. The van der Waals surface area contributed by atoms with E-state index in [1.807, 2.05) is 0 Å². The molecule has 0 aromatic heterocycles. The highest BCUT2D eigenvalue weighted by molar-refractivity contribution is 7.99. The Labute approximate surface area is 80.1 Å². The number of alkyl halides is 1. The maximum Gasteiger partial charge on any atom is 0.0988 e. The Morgan fingerprint density at radius 3 is 2.83 bits per heavy atom. The summed E-state index contributed by atoms with van der Waals surface area (Å²) in [5.74, 6) is 0.436. The van der Waals surface area contributed by atoms with Crippen LogP contribution in [0.25, 0.3) is 0 Å². The zero-order valence-corrected chi connectivity index (χ0v) is 7.96. The van der Waals surface area contributed by atoms with Gasteiger partial charge in [0.25, 0.3) is 0 Å². The summed E-state index contributed by atoms with van der Waals surface area (Å²) in [5.41, 5.74) is 6.25. The van der Waals surface area contributed by atoms with Gasteiger partial charge in [-0.2, -0.15) is 0 Å². The highest BCUT2D eigenvalue weighted by Crippen LogP contribution is 2.27. The molecule has 0 bridgehead atoms. The minimum absolute atomic E-state index is 0.341. The minimum atomic E-state index is -0.341. The van der Waals surface area contributed by atoms with E-state index in [9.17, 15) is 4.39 Å². The van der Waals surface area contributed by atoms with Gasteiger partial charge in [-0.15, -0.1) is 11.8 Å². The highest BCUT2D eigenvalue weighted by atomic mass is 35.5. The van der Waals surface area contributed by atoms with Gasteiger partial charge < -0.3 is 5.73 Å². The number of rotatable bonds is 3. The quantitative estimate of drug-likeness (QED) is 0.607. The first kappa shape index (κ1) is 9.68. The van der Waals surface area contributed by atoms with Crippen LogP contribution in [0.2, 0.25) is 5.02 Å². The summed E-state index contributed by atoms with van der Waals surface area (Å²) in [5, 5.41) is 0.608. The van der Waals surface area contributed by atoms with Gasteiger partial charge in [0.05, 0.1) is 6.67 Å². The first-order chi connectivity index (χ1) is 5.74. The molecule has 0 saturated carbocycles. The number of halogens is 2. The number of thioether (sulfide) groups is 1. The molecule has 1 aromatic carbocycles. The molecule has 0 aliphatic heterocycles. The summed E-state index contributed by atoms with van der Waals surface area (Å²) >= 11 is 7.08. The summed E-state index contributed by atoms with van der Waals surface area (Å²) in [6.45, 7) is -0.341. The Morgan fingerprint density at radius 1 is 1.50 bits per heavy atom. The fraction of sp³-hybridized carbons (Fsp3) is 0.250. The van der Waals surface area contributed by atoms with Crippen molar-refractivity contribution in [3.8, 4) is 0 Å². The molecule has 66 valence electrons. The van der Waals surface area contributed by atoms with Crippen LogP contribution in [0.15, 0.2) is 23.1 Å². The van der Waals surface area contributed by atoms with E-state index in [0.29, 0.717) is 16.5 Å². The summed E-state index contributed by atoms with van der Waals surface area (Å²) in [4.78, 5) is 0.886. The molecule has 0 heterocycles. The molecular formula is C8H9ClFNS. The maximum atomic E-state index is 11.8. The van der Waals surface area contributed by atoms with E-state index in [0.717, 1.165) is 4.90 Å². The standard InChI is InChI=1S/C8H9ClFNS/c9-6-1-2-8(7(11)5-6)12-4-3-10/h1-2,5H,3-4,11H2. The van der Waals surface area contributed by atoms with Crippen LogP contribution in [-0.4, -0.2) is 12.4 Å². The van der Waals surface area contributed by atoms with E-state index in [2.05, 4.69) is 0 Å². The van der Waals surface area contributed by atoms with Gasteiger partial charge in [-0.05, 0) is 18.2 Å². The van der Waals surface area contributed by atoms with Gasteiger partial charge in [-0.1, -0.05) is 11.6 Å². The number of benzene rings is 1. The van der Waals surface area contributed by atoms with Crippen molar-refractivity contribution in [3.05, 3.63) is 23.2 Å². The lowest BCUT2D eigenvalue weighted by molar-refractivity contribution is 0.533. The van der Waals surface area contributed by atoms with Crippen LogP contribution in [0, 0.1) is 0 Å². The van der Waals surface area contributed by atoms with Crippen LogP contribution in [0.1, 0.15) is 0 Å². The summed E-state index contributed by atoms with van der Waals surface area (Å²) in [6, 6.07) is 5.22. The molecule has 0 radical (unpaired) electrons. The Morgan fingerprint density at radius 2 is 2.25 bits per heavy atom. The van der Waals surface area contributed by atoms with E-state index < -0.39 is 0 Å². The van der Waals surface area contributed by atoms with E-state index >= 15 is 0 Å². The van der Waals surface area contributed by atoms with Crippen molar-refractivity contribution in [3.63, 3.8) is 0 Å². The molecule has 12 heavy (non-hydrogen) atoms. The van der Waals surface area contributed by atoms with Crippen LogP contribution in [0.3, 0.4) is 0 Å². The second-order valence-corrected chi connectivity index (χ2v) is 3.79. The number of hydrogen-bond acceptors (Lipinski definition) is 2. The smallest absolute Gasteiger partial charge is 0.0988 e. The number of nitrogens with two attached hydrogens (primary N) is 1. The third kappa shape index (κ3) is 2.57. The largest absolute Gasteiger partial charge is 0.398 e. The van der Waals surface area contributed by atoms with Gasteiger partial charge >= 0.3 is 0 Å². The fourth-order valence-electron chi connectivity index (χ4n) is 0.799. The van der Waals surface area contributed by atoms with Crippen molar-refractivity contribution in [1.82, 2.24) is 0 Å². The molecule has 1 nitrogen and oxygen atoms in total. The monoisotopic (exact) mass is 205 g/mol. The zero-order chi connectivity index (χ0) is 8.97. The fourth-order valence-corrected chi connectivity index (χ4v) is 1.67. The summed E-state index contributed by atoms with van der Waals surface area (Å²) < 4.78 is 11.8. The van der Waals surface area contributed by atoms with Crippen molar-refractivity contribution in [2.24, 2.45) is 0 Å². The molecule has 0 aliphatic carbocycles. The molecular weight excluding hydrogens is 197 g/mol. The average molecular weight is 206 g/mol. The second kappa shape index (κ2) is 4.58. The van der Waals surface area contributed by atoms with Crippen molar-refractivity contribution < 1.29 is 4.39 Å². The molecule has 0 aliphatic rings. The minimum Gasteiger partial charge on any atom is -0.398 e. The SMILES string of the molecule is Nc1cc(Cl)ccc1SCCF. The molecule has 4 heteroatoms. The molecule has 0 saturated heterocycles. The maximum absolute atomic E-state index is 11.8. The number of anilines is 1. The molecule has 0 unspecified atom stereocenters. The van der Waals surface area contributed by atoms with Gasteiger partial charge in [0.15, 0.2) is 0 Å². The Balaban J connectivity index is 2.72. The number of hydrogen-bond donors (Lipinski definition) is 1. The third-order valence-electron chi connectivity index (χ3n) is 1.31. The van der Waals surface area contributed by atoms with Gasteiger partial charge in [-0.25, -0.2) is 0 Å². The lowest BCUT2D eigenvalue weighted by Crippen LogP contribution is -1.89. The molecule has 1 rings (SSSR count). The lowest BCUT2D eigenvalue weighted by Gasteiger charge is -2.03. The van der Waals surface area contributed by atoms with Gasteiger partial charge in [0, 0.05) is 21.4 Å². The third-order valence-corrected chi connectivity index (χ3v) is 2.58. The molecule has 1 aromatic rings. The second-order valence-electron chi connectivity index (χ2n) is 2.22. The predicted octanol–water partition coefficient (Wildman–Crippen LogP) is 2.98. The topological polar surface area (TPSA) is 26.0 Å². The number of nitrogen functional groups attached to an aromatic ring is 1. The van der Waals surface area contributed by atoms with Gasteiger partial charge in [0.1, 0.15) is 0 Å². The first-order valence-corrected chi connectivity index (χ1v) is 4.84.